The van der Waals surface area contributed by atoms with Gasteiger partial charge < -0.3 is 18.9 Å². The third-order valence-electron chi connectivity index (χ3n) is 4.92. The summed E-state index contributed by atoms with van der Waals surface area (Å²) < 4.78 is 13.5. The normalized spacial score (nSPS) is 16.8. The van der Waals surface area contributed by atoms with Gasteiger partial charge in [0.25, 0.3) is 0 Å². The summed E-state index contributed by atoms with van der Waals surface area (Å²) in [6.45, 7) is 3.82. The summed E-state index contributed by atoms with van der Waals surface area (Å²) in [5, 5.41) is 0. The van der Waals surface area contributed by atoms with Gasteiger partial charge in [0.1, 0.15) is 5.75 Å². The Labute approximate surface area is 154 Å². The van der Waals surface area contributed by atoms with E-state index in [1.165, 1.54) is 11.3 Å². The van der Waals surface area contributed by atoms with E-state index >= 15 is 0 Å². The Morgan fingerprint density at radius 3 is 2.69 bits per heavy atom. The molecule has 1 saturated heterocycles. The van der Waals surface area contributed by atoms with Crippen molar-refractivity contribution < 1.29 is 9.47 Å². The molecule has 0 saturated carbocycles. The summed E-state index contributed by atoms with van der Waals surface area (Å²) in [6, 6.07) is 19.0. The van der Waals surface area contributed by atoms with Crippen molar-refractivity contribution in [2.24, 2.45) is 0 Å². The summed E-state index contributed by atoms with van der Waals surface area (Å²) in [6.07, 6.45) is 5.22. The Balaban J connectivity index is 1.59. The van der Waals surface area contributed by atoms with Crippen molar-refractivity contribution in [2.45, 2.75) is 19.6 Å². The smallest absolute Gasteiger partial charge is 0.158 e. The molecule has 2 aromatic carbocycles. The highest BCUT2D eigenvalue weighted by Gasteiger charge is 2.27. The van der Waals surface area contributed by atoms with Gasteiger partial charge in [0.15, 0.2) is 6.23 Å². The van der Waals surface area contributed by atoms with E-state index in [-0.39, 0.29) is 6.23 Å². The van der Waals surface area contributed by atoms with Crippen molar-refractivity contribution in [3.05, 3.63) is 78.1 Å². The van der Waals surface area contributed by atoms with Gasteiger partial charge in [-0.2, -0.15) is 0 Å². The number of anilines is 1. The molecule has 1 fully saturated rings. The van der Waals surface area contributed by atoms with E-state index in [1.807, 2.05) is 18.2 Å². The topological polar surface area (TPSA) is 26.6 Å². The first-order chi connectivity index (χ1) is 12.8. The minimum Gasteiger partial charge on any atom is -0.497 e. The molecule has 4 heteroatoms. The van der Waals surface area contributed by atoms with E-state index in [2.05, 4.69) is 65.2 Å². The zero-order valence-electron chi connectivity index (χ0n) is 15.3. The molecule has 1 aliphatic rings. The second-order valence-corrected chi connectivity index (χ2v) is 6.49. The average Bonchev–Trinajstić information content (AvgIpc) is 3.37. The second kappa shape index (κ2) is 7.26. The number of ether oxygens (including phenoxy) is 2. The lowest BCUT2D eigenvalue weighted by atomic mass is 10.1. The number of rotatable bonds is 5. The molecule has 0 amide bonds. The van der Waals surface area contributed by atoms with Gasteiger partial charge in [-0.1, -0.05) is 25.1 Å². The molecule has 1 aliphatic heterocycles. The zero-order valence-corrected chi connectivity index (χ0v) is 15.3. The van der Waals surface area contributed by atoms with Gasteiger partial charge in [-0.25, -0.2) is 0 Å². The van der Waals surface area contributed by atoms with Gasteiger partial charge >= 0.3 is 0 Å². The molecule has 2 heterocycles. The molecule has 4 rings (SSSR count). The summed E-state index contributed by atoms with van der Waals surface area (Å²) in [5.74, 6) is 0.854. The maximum atomic E-state index is 6.04. The molecule has 1 aromatic heterocycles. The van der Waals surface area contributed by atoms with Crippen LogP contribution in [0.3, 0.4) is 0 Å². The van der Waals surface area contributed by atoms with Crippen LogP contribution in [0.15, 0.2) is 67.0 Å². The number of methoxy groups -OCH3 is 1. The summed E-state index contributed by atoms with van der Waals surface area (Å²) in [5.41, 5.74) is 4.80. The molecule has 4 nitrogen and oxygen atoms in total. The van der Waals surface area contributed by atoms with Crippen LogP contribution in [0.4, 0.5) is 5.69 Å². The molecule has 0 N–H and O–H groups in total. The summed E-state index contributed by atoms with van der Waals surface area (Å²) in [7, 11) is 1.69. The lowest BCUT2D eigenvalue weighted by Crippen LogP contribution is -2.22. The molecule has 0 spiro atoms. The molecule has 134 valence electrons. The molecule has 3 aromatic rings. The van der Waals surface area contributed by atoms with Crippen LogP contribution in [0.2, 0.25) is 0 Å². The molecule has 0 bridgehead atoms. The Hall–Kier alpha value is -2.72. The molecular weight excluding hydrogens is 324 g/mol. The van der Waals surface area contributed by atoms with Crippen LogP contribution >= 0.6 is 0 Å². The number of benzene rings is 2. The Morgan fingerprint density at radius 2 is 1.92 bits per heavy atom. The molecular formula is C22H24N2O2. The van der Waals surface area contributed by atoms with E-state index in [0.29, 0.717) is 0 Å². The fraction of sp³-hybridized carbons (Fsp3) is 0.273. The van der Waals surface area contributed by atoms with Crippen LogP contribution in [-0.4, -0.2) is 24.8 Å². The van der Waals surface area contributed by atoms with Gasteiger partial charge in [-0.3, -0.25) is 0 Å². The first-order valence-corrected chi connectivity index (χ1v) is 9.08. The molecule has 0 unspecified atom stereocenters. The summed E-state index contributed by atoms with van der Waals surface area (Å²) in [4.78, 5) is 2.32. The van der Waals surface area contributed by atoms with E-state index in [9.17, 15) is 0 Å². The average molecular weight is 348 g/mol. The van der Waals surface area contributed by atoms with E-state index in [1.54, 1.807) is 7.11 Å². The number of nitrogens with zero attached hydrogens (tertiary/aromatic N) is 2. The van der Waals surface area contributed by atoms with Crippen molar-refractivity contribution in [2.75, 3.05) is 25.2 Å². The number of aromatic nitrogens is 1. The van der Waals surface area contributed by atoms with Crippen LogP contribution in [0, 0.1) is 0 Å². The van der Waals surface area contributed by atoms with Gasteiger partial charge in [0.05, 0.1) is 13.7 Å². The van der Waals surface area contributed by atoms with Crippen LogP contribution in [-0.2, 0) is 11.2 Å². The lowest BCUT2D eigenvalue weighted by Gasteiger charge is -2.24. The van der Waals surface area contributed by atoms with Crippen molar-refractivity contribution in [3.63, 3.8) is 0 Å². The minimum atomic E-state index is -0.0469. The van der Waals surface area contributed by atoms with Crippen LogP contribution in [0.25, 0.3) is 5.69 Å². The highest BCUT2D eigenvalue weighted by atomic mass is 16.5. The Kier molecular flexibility index (Phi) is 4.67. The summed E-state index contributed by atoms with van der Waals surface area (Å²) >= 11 is 0. The third kappa shape index (κ3) is 3.20. The first-order valence-electron chi connectivity index (χ1n) is 9.08. The van der Waals surface area contributed by atoms with Crippen molar-refractivity contribution in [1.29, 1.82) is 0 Å². The fourth-order valence-electron chi connectivity index (χ4n) is 3.42. The predicted molar refractivity (Wildman–Crippen MR) is 104 cm³/mol. The van der Waals surface area contributed by atoms with Gasteiger partial charge in [-0.15, -0.1) is 0 Å². The predicted octanol–water partition coefficient (Wildman–Crippen LogP) is 4.58. The minimum absolute atomic E-state index is 0.0469. The maximum absolute atomic E-state index is 6.04. The van der Waals surface area contributed by atoms with Crippen molar-refractivity contribution in [1.82, 2.24) is 4.57 Å². The second-order valence-electron chi connectivity index (χ2n) is 6.49. The number of hydrogen-bond acceptors (Lipinski definition) is 3. The quantitative estimate of drug-likeness (QED) is 0.675. The molecule has 0 aliphatic carbocycles. The highest BCUT2D eigenvalue weighted by Crippen LogP contribution is 2.33. The SMILES string of the molecule is CCc1ccc(N2CCO[C@@H]2c2ccn(-c3cccc(OC)c3)c2)cc1. The fourth-order valence-corrected chi connectivity index (χ4v) is 3.42. The van der Waals surface area contributed by atoms with Gasteiger partial charge in [0, 0.05) is 41.9 Å². The zero-order chi connectivity index (χ0) is 17.9. The first kappa shape index (κ1) is 16.7. The van der Waals surface area contributed by atoms with Crippen molar-refractivity contribution >= 4 is 5.69 Å². The Bertz CT molecular complexity index is 870. The molecule has 26 heavy (non-hydrogen) atoms. The van der Waals surface area contributed by atoms with Crippen LogP contribution in [0.5, 0.6) is 5.75 Å². The molecule has 0 radical (unpaired) electrons. The molecule has 1 atom stereocenters. The standard InChI is InChI=1S/C22H24N2O2/c1-3-17-7-9-19(10-8-17)24-13-14-26-22(24)18-11-12-23(16-18)20-5-4-6-21(15-20)25-2/h4-12,15-16,22H,3,13-14H2,1-2H3/t22-/m1/s1. The van der Waals surface area contributed by atoms with Crippen LogP contribution in [0.1, 0.15) is 24.3 Å². The van der Waals surface area contributed by atoms with E-state index < -0.39 is 0 Å². The largest absolute Gasteiger partial charge is 0.497 e. The lowest BCUT2D eigenvalue weighted by molar-refractivity contribution is 0.114. The van der Waals surface area contributed by atoms with E-state index in [0.717, 1.165) is 36.6 Å². The number of aryl methyl sites for hydroxylation is 1. The van der Waals surface area contributed by atoms with E-state index in [4.69, 9.17) is 9.47 Å². The third-order valence-corrected chi connectivity index (χ3v) is 4.92. The highest BCUT2D eigenvalue weighted by molar-refractivity contribution is 5.50. The van der Waals surface area contributed by atoms with Crippen molar-refractivity contribution in [3.8, 4) is 11.4 Å². The van der Waals surface area contributed by atoms with Gasteiger partial charge in [-0.05, 0) is 42.3 Å². The monoisotopic (exact) mass is 348 g/mol. The van der Waals surface area contributed by atoms with Gasteiger partial charge in [0.2, 0.25) is 0 Å². The number of hydrogen-bond donors (Lipinski definition) is 0. The maximum Gasteiger partial charge on any atom is 0.158 e. The Morgan fingerprint density at radius 1 is 1.08 bits per heavy atom. The van der Waals surface area contributed by atoms with Crippen LogP contribution < -0.4 is 9.64 Å².